The van der Waals surface area contributed by atoms with Gasteiger partial charge in [0.2, 0.25) is 0 Å². The average molecular weight is 180 g/mol. The van der Waals surface area contributed by atoms with Crippen LogP contribution in [0.1, 0.15) is 33.1 Å². The fourth-order valence-electron chi connectivity index (χ4n) is 2.98. The van der Waals surface area contributed by atoms with E-state index in [2.05, 4.69) is 13.8 Å². The Morgan fingerprint density at radius 3 is 2.77 bits per heavy atom. The number of allylic oxidation sites excluding steroid dienone is 1. The van der Waals surface area contributed by atoms with E-state index < -0.39 is 5.97 Å². The summed E-state index contributed by atoms with van der Waals surface area (Å²) in [4.78, 5) is 10.6. The lowest BCUT2D eigenvalue weighted by Gasteiger charge is -2.57. The lowest BCUT2D eigenvalue weighted by molar-refractivity contribution is -0.131. The molecule has 2 atom stereocenters. The molecule has 3 fully saturated rings. The first kappa shape index (κ1) is 8.79. The summed E-state index contributed by atoms with van der Waals surface area (Å²) in [6.07, 6.45) is 4.83. The van der Waals surface area contributed by atoms with Crippen LogP contribution in [0.5, 0.6) is 0 Å². The van der Waals surface area contributed by atoms with E-state index in [-0.39, 0.29) is 0 Å². The summed E-state index contributed by atoms with van der Waals surface area (Å²) in [5.41, 5.74) is 1.53. The second-order valence-corrected chi connectivity index (χ2v) is 4.90. The fraction of sp³-hybridized carbons (Fsp3) is 0.727. The van der Waals surface area contributed by atoms with Crippen molar-refractivity contribution in [2.24, 2.45) is 17.3 Å². The molecular weight excluding hydrogens is 164 g/mol. The van der Waals surface area contributed by atoms with Crippen molar-refractivity contribution >= 4 is 5.97 Å². The summed E-state index contributed by atoms with van der Waals surface area (Å²) in [7, 11) is 0. The molecule has 0 spiro atoms. The highest BCUT2D eigenvalue weighted by molar-refractivity contribution is 5.81. The fourth-order valence-corrected chi connectivity index (χ4v) is 2.98. The van der Waals surface area contributed by atoms with Crippen LogP contribution in [0.2, 0.25) is 0 Å². The maximum atomic E-state index is 10.6. The molecule has 0 amide bonds. The Labute approximate surface area is 78.6 Å². The highest BCUT2D eigenvalue weighted by Crippen LogP contribution is 2.61. The molecule has 0 aliphatic heterocycles. The van der Waals surface area contributed by atoms with Crippen LogP contribution in [0.4, 0.5) is 0 Å². The van der Waals surface area contributed by atoms with Gasteiger partial charge in [0, 0.05) is 6.08 Å². The summed E-state index contributed by atoms with van der Waals surface area (Å²) in [5, 5.41) is 8.69. The topological polar surface area (TPSA) is 37.3 Å². The Balaban J connectivity index is 2.20. The number of carboxylic acids is 1. The van der Waals surface area contributed by atoms with Crippen LogP contribution in [-0.4, -0.2) is 11.1 Å². The van der Waals surface area contributed by atoms with E-state index in [0.717, 1.165) is 12.3 Å². The molecule has 3 rings (SSSR count). The Hall–Kier alpha value is -0.790. The summed E-state index contributed by atoms with van der Waals surface area (Å²) in [6, 6.07) is 0. The van der Waals surface area contributed by atoms with Gasteiger partial charge in [-0.15, -0.1) is 0 Å². The molecule has 3 aliphatic carbocycles. The van der Waals surface area contributed by atoms with E-state index >= 15 is 0 Å². The minimum Gasteiger partial charge on any atom is -0.478 e. The molecule has 2 heteroatoms. The molecule has 2 nitrogen and oxygen atoms in total. The van der Waals surface area contributed by atoms with Crippen LogP contribution in [0.3, 0.4) is 0 Å². The summed E-state index contributed by atoms with van der Waals surface area (Å²) in [5.74, 6) is 0.599. The van der Waals surface area contributed by atoms with Crippen molar-refractivity contribution in [1.82, 2.24) is 0 Å². The molecule has 1 N–H and O–H groups in total. The smallest absolute Gasteiger partial charge is 0.328 e. The lowest BCUT2D eigenvalue weighted by atomic mass is 9.47. The second kappa shape index (κ2) is 2.60. The molecule has 3 saturated carbocycles. The zero-order valence-electron chi connectivity index (χ0n) is 8.21. The van der Waals surface area contributed by atoms with Crippen LogP contribution >= 0.6 is 0 Å². The molecule has 0 aromatic carbocycles. The Morgan fingerprint density at radius 2 is 2.31 bits per heavy atom. The largest absolute Gasteiger partial charge is 0.478 e. The Morgan fingerprint density at radius 1 is 1.62 bits per heavy atom. The van der Waals surface area contributed by atoms with Crippen LogP contribution in [-0.2, 0) is 4.79 Å². The van der Waals surface area contributed by atoms with E-state index in [1.54, 1.807) is 0 Å². The van der Waals surface area contributed by atoms with Crippen molar-refractivity contribution < 1.29 is 9.90 Å². The molecule has 0 heterocycles. The maximum absolute atomic E-state index is 10.6. The van der Waals surface area contributed by atoms with Gasteiger partial charge in [-0.3, -0.25) is 0 Å². The van der Waals surface area contributed by atoms with Crippen LogP contribution in [0, 0.1) is 17.3 Å². The molecule has 13 heavy (non-hydrogen) atoms. The number of aliphatic carboxylic acids is 1. The molecule has 0 saturated heterocycles. The number of fused-ring (bicyclic) bond motifs is 2. The second-order valence-electron chi connectivity index (χ2n) is 4.90. The van der Waals surface area contributed by atoms with Crippen LogP contribution in [0.15, 0.2) is 11.6 Å². The molecule has 2 bridgehead atoms. The van der Waals surface area contributed by atoms with Crippen molar-refractivity contribution in [3.8, 4) is 0 Å². The lowest BCUT2D eigenvalue weighted by Crippen LogP contribution is -2.49. The van der Waals surface area contributed by atoms with Crippen molar-refractivity contribution in [1.29, 1.82) is 0 Å². The summed E-state index contributed by atoms with van der Waals surface area (Å²) in [6.45, 7) is 4.53. The number of hydrogen-bond acceptors (Lipinski definition) is 1. The first-order chi connectivity index (χ1) is 6.01. The normalized spacial score (nSPS) is 38.5. The third kappa shape index (κ3) is 1.19. The van der Waals surface area contributed by atoms with Gasteiger partial charge < -0.3 is 5.11 Å². The van der Waals surface area contributed by atoms with Gasteiger partial charge in [0.15, 0.2) is 0 Å². The van der Waals surface area contributed by atoms with Gasteiger partial charge in [0.05, 0.1) is 0 Å². The van der Waals surface area contributed by atoms with Gasteiger partial charge >= 0.3 is 5.97 Å². The quantitative estimate of drug-likeness (QED) is 0.629. The summed E-state index contributed by atoms with van der Waals surface area (Å²) >= 11 is 0. The van der Waals surface area contributed by atoms with Crippen molar-refractivity contribution in [3.05, 3.63) is 11.6 Å². The average Bonchev–Trinajstić information content (AvgIpc) is 2.03. The van der Waals surface area contributed by atoms with E-state index in [1.165, 1.54) is 24.5 Å². The van der Waals surface area contributed by atoms with Gasteiger partial charge in [-0.05, 0) is 36.5 Å². The van der Waals surface area contributed by atoms with Gasteiger partial charge in [0.25, 0.3) is 0 Å². The Kier molecular flexibility index (Phi) is 1.76. The molecular formula is C11H16O2. The zero-order chi connectivity index (χ0) is 9.64. The third-order valence-corrected chi connectivity index (χ3v) is 4.01. The molecule has 0 aromatic heterocycles. The Bertz CT molecular complexity index is 274. The standard InChI is InChI=1S/C11H16O2/c1-11(2)8-4-3-7(5-10(12)13)9(11)6-8/h5,8-9H,3-4,6H2,1-2H3,(H,12,13)/b7-5+/t8-,9-/m0/s1. The highest BCUT2D eigenvalue weighted by atomic mass is 16.4. The predicted molar refractivity (Wildman–Crippen MR) is 50.3 cm³/mol. The minimum absolute atomic E-state index is 0.361. The third-order valence-electron chi connectivity index (χ3n) is 4.01. The summed E-state index contributed by atoms with van der Waals surface area (Å²) < 4.78 is 0. The molecule has 0 aromatic rings. The zero-order valence-corrected chi connectivity index (χ0v) is 8.21. The molecule has 3 aliphatic rings. The minimum atomic E-state index is -0.781. The van der Waals surface area contributed by atoms with Gasteiger partial charge in [-0.25, -0.2) is 4.79 Å². The molecule has 72 valence electrons. The first-order valence-electron chi connectivity index (χ1n) is 4.95. The van der Waals surface area contributed by atoms with Crippen molar-refractivity contribution in [2.75, 3.05) is 0 Å². The van der Waals surface area contributed by atoms with Crippen molar-refractivity contribution in [3.63, 3.8) is 0 Å². The number of rotatable bonds is 1. The SMILES string of the molecule is CC1(C)[C@H]2CC/C(=C\C(=O)O)[C@@H]1C2. The van der Waals surface area contributed by atoms with Crippen LogP contribution < -0.4 is 0 Å². The van der Waals surface area contributed by atoms with E-state index in [1.807, 2.05) is 0 Å². The number of carboxylic acid groups (broad SMARTS) is 1. The van der Waals surface area contributed by atoms with Gasteiger partial charge in [-0.1, -0.05) is 19.4 Å². The van der Waals surface area contributed by atoms with E-state index in [9.17, 15) is 4.79 Å². The van der Waals surface area contributed by atoms with E-state index in [4.69, 9.17) is 5.11 Å². The number of hydrogen-bond donors (Lipinski definition) is 1. The molecule has 0 unspecified atom stereocenters. The predicted octanol–water partition coefficient (Wildman–Crippen LogP) is 2.45. The number of carbonyl (C=O) groups is 1. The van der Waals surface area contributed by atoms with Crippen LogP contribution in [0.25, 0.3) is 0 Å². The molecule has 0 radical (unpaired) electrons. The van der Waals surface area contributed by atoms with Crippen molar-refractivity contribution in [2.45, 2.75) is 33.1 Å². The maximum Gasteiger partial charge on any atom is 0.328 e. The van der Waals surface area contributed by atoms with Gasteiger partial charge in [0.1, 0.15) is 0 Å². The van der Waals surface area contributed by atoms with E-state index in [0.29, 0.717) is 11.3 Å². The van der Waals surface area contributed by atoms with Gasteiger partial charge in [-0.2, -0.15) is 0 Å². The highest BCUT2D eigenvalue weighted by Gasteiger charge is 2.52. The first-order valence-corrected chi connectivity index (χ1v) is 4.95. The monoisotopic (exact) mass is 180 g/mol.